The first kappa shape index (κ1) is 15.8. The molecule has 0 aliphatic rings. The van der Waals surface area contributed by atoms with Crippen LogP contribution in [-0.4, -0.2) is 25.2 Å². The first-order valence-electron chi connectivity index (χ1n) is 8.00. The molecule has 0 radical (unpaired) electrons. The Morgan fingerprint density at radius 1 is 1.20 bits per heavy atom. The molecule has 126 valence electrons. The molecule has 4 aromatic rings. The van der Waals surface area contributed by atoms with Crippen LogP contribution in [0.2, 0.25) is 0 Å². The summed E-state index contributed by atoms with van der Waals surface area (Å²) in [5.74, 6) is 0.705. The highest BCUT2D eigenvalue weighted by molar-refractivity contribution is 7.25. The standard InChI is InChI=1S/C19H17N3O2S/c1-24-14-7-2-4-11-18(23)17-15(25-19(11)14)10-22-13-6-3-5-12(16(13)17)21-9-8-20/h2-7,10,21H,8-9,20H2,1H3. The Labute approximate surface area is 148 Å². The van der Waals surface area contributed by atoms with E-state index in [1.165, 1.54) is 11.3 Å². The van der Waals surface area contributed by atoms with Crippen LogP contribution in [0.25, 0.3) is 31.1 Å². The Balaban J connectivity index is 2.17. The minimum Gasteiger partial charge on any atom is -0.495 e. The lowest BCUT2D eigenvalue weighted by Gasteiger charge is -2.11. The van der Waals surface area contributed by atoms with Crippen molar-refractivity contribution in [1.82, 2.24) is 4.98 Å². The number of aromatic nitrogens is 1. The van der Waals surface area contributed by atoms with Crippen molar-refractivity contribution in [3.05, 3.63) is 52.8 Å². The second-order valence-corrected chi connectivity index (χ2v) is 6.73. The summed E-state index contributed by atoms with van der Waals surface area (Å²) < 4.78 is 7.11. The normalized spacial score (nSPS) is 11.3. The third-order valence-corrected chi connectivity index (χ3v) is 5.36. The summed E-state index contributed by atoms with van der Waals surface area (Å²) in [6, 6.07) is 11.4. The summed E-state index contributed by atoms with van der Waals surface area (Å²) in [5.41, 5.74) is 7.29. The van der Waals surface area contributed by atoms with Gasteiger partial charge in [-0.3, -0.25) is 9.78 Å². The van der Waals surface area contributed by atoms with Crippen LogP contribution in [0.4, 0.5) is 5.69 Å². The van der Waals surface area contributed by atoms with Crippen LogP contribution in [0, 0.1) is 0 Å². The number of fused-ring (bicyclic) bond motifs is 4. The molecule has 0 aliphatic heterocycles. The van der Waals surface area contributed by atoms with E-state index in [4.69, 9.17) is 10.5 Å². The molecule has 0 unspecified atom stereocenters. The van der Waals surface area contributed by atoms with Crippen molar-refractivity contribution in [1.29, 1.82) is 0 Å². The van der Waals surface area contributed by atoms with Crippen LogP contribution < -0.4 is 21.2 Å². The maximum atomic E-state index is 13.3. The summed E-state index contributed by atoms with van der Waals surface area (Å²) >= 11 is 1.52. The highest BCUT2D eigenvalue weighted by atomic mass is 32.1. The van der Waals surface area contributed by atoms with Gasteiger partial charge in [0.15, 0.2) is 5.43 Å². The molecular weight excluding hydrogens is 334 g/mol. The van der Waals surface area contributed by atoms with Crippen LogP contribution in [0.5, 0.6) is 5.75 Å². The van der Waals surface area contributed by atoms with Gasteiger partial charge in [0.2, 0.25) is 0 Å². The molecule has 6 heteroatoms. The number of hydrogen-bond donors (Lipinski definition) is 2. The van der Waals surface area contributed by atoms with Gasteiger partial charge in [-0.2, -0.15) is 0 Å². The third kappa shape index (κ3) is 2.50. The Hall–Kier alpha value is -2.70. The van der Waals surface area contributed by atoms with Gasteiger partial charge >= 0.3 is 0 Å². The Bertz CT molecular complexity index is 1150. The van der Waals surface area contributed by atoms with Gasteiger partial charge < -0.3 is 15.8 Å². The van der Waals surface area contributed by atoms with E-state index in [1.54, 1.807) is 13.3 Å². The molecule has 0 bridgehead atoms. The highest BCUT2D eigenvalue weighted by Gasteiger charge is 2.15. The zero-order valence-corrected chi connectivity index (χ0v) is 14.5. The number of methoxy groups -OCH3 is 1. The molecule has 0 fully saturated rings. The number of pyridine rings is 1. The number of ether oxygens (including phenoxy) is 1. The van der Waals surface area contributed by atoms with E-state index in [0.717, 1.165) is 26.0 Å². The monoisotopic (exact) mass is 351 g/mol. The van der Waals surface area contributed by atoms with E-state index in [1.807, 2.05) is 36.4 Å². The lowest BCUT2D eigenvalue weighted by molar-refractivity contribution is 0.420. The van der Waals surface area contributed by atoms with Crippen molar-refractivity contribution in [3.8, 4) is 5.75 Å². The summed E-state index contributed by atoms with van der Waals surface area (Å²) in [4.78, 5) is 17.8. The predicted molar refractivity (Wildman–Crippen MR) is 105 cm³/mol. The fraction of sp³-hybridized carbons (Fsp3) is 0.158. The van der Waals surface area contributed by atoms with Crippen molar-refractivity contribution in [2.45, 2.75) is 0 Å². The lowest BCUT2D eigenvalue weighted by atomic mass is 10.1. The molecule has 5 nitrogen and oxygen atoms in total. The molecule has 2 aromatic carbocycles. The average molecular weight is 351 g/mol. The van der Waals surface area contributed by atoms with Gasteiger partial charge in [-0.1, -0.05) is 12.1 Å². The maximum Gasteiger partial charge on any atom is 0.196 e. The summed E-state index contributed by atoms with van der Waals surface area (Å²) in [7, 11) is 1.61. The van der Waals surface area contributed by atoms with Crippen LogP contribution >= 0.6 is 11.3 Å². The fourth-order valence-corrected chi connectivity index (χ4v) is 4.23. The number of anilines is 1. The summed E-state index contributed by atoms with van der Waals surface area (Å²) in [6.45, 7) is 1.15. The van der Waals surface area contributed by atoms with Crippen molar-refractivity contribution in [2.75, 3.05) is 25.5 Å². The minimum atomic E-state index is -0.00273. The van der Waals surface area contributed by atoms with Gasteiger partial charge in [-0.25, -0.2) is 0 Å². The molecular formula is C19H17N3O2S. The Morgan fingerprint density at radius 2 is 2.04 bits per heavy atom. The van der Waals surface area contributed by atoms with Gasteiger partial charge in [0.05, 0.1) is 27.4 Å². The van der Waals surface area contributed by atoms with Crippen molar-refractivity contribution in [2.24, 2.45) is 5.73 Å². The average Bonchev–Trinajstić information content (AvgIpc) is 2.65. The van der Waals surface area contributed by atoms with Gasteiger partial charge in [-0.05, 0) is 24.3 Å². The van der Waals surface area contributed by atoms with Gasteiger partial charge in [-0.15, -0.1) is 11.3 Å². The number of nitrogens with one attached hydrogen (secondary N) is 1. The van der Waals surface area contributed by atoms with E-state index in [2.05, 4.69) is 10.3 Å². The second-order valence-electron chi connectivity index (χ2n) is 5.68. The molecule has 2 aromatic heterocycles. The van der Waals surface area contributed by atoms with Crippen LogP contribution in [0.1, 0.15) is 0 Å². The lowest BCUT2D eigenvalue weighted by Crippen LogP contribution is -2.13. The molecule has 2 heterocycles. The molecule has 25 heavy (non-hydrogen) atoms. The number of hydrogen-bond acceptors (Lipinski definition) is 6. The summed E-state index contributed by atoms with van der Waals surface area (Å²) in [5, 5.41) is 5.51. The number of rotatable bonds is 4. The largest absolute Gasteiger partial charge is 0.495 e. The molecule has 3 N–H and O–H groups in total. The quantitative estimate of drug-likeness (QED) is 0.435. The van der Waals surface area contributed by atoms with E-state index < -0.39 is 0 Å². The fourth-order valence-electron chi connectivity index (χ4n) is 3.09. The Morgan fingerprint density at radius 3 is 2.84 bits per heavy atom. The molecule has 4 rings (SSSR count). The molecule has 0 saturated carbocycles. The molecule has 0 spiro atoms. The van der Waals surface area contributed by atoms with Crippen LogP contribution in [-0.2, 0) is 0 Å². The maximum absolute atomic E-state index is 13.3. The first-order valence-corrected chi connectivity index (χ1v) is 8.81. The molecule has 0 atom stereocenters. The Kier molecular flexibility index (Phi) is 3.99. The zero-order chi connectivity index (χ0) is 17.4. The van der Waals surface area contributed by atoms with Crippen molar-refractivity contribution < 1.29 is 4.74 Å². The van der Waals surface area contributed by atoms with Crippen molar-refractivity contribution in [3.63, 3.8) is 0 Å². The predicted octanol–water partition coefficient (Wildman–Crippen LogP) is 3.34. The van der Waals surface area contributed by atoms with Crippen LogP contribution in [0.15, 0.2) is 47.4 Å². The van der Waals surface area contributed by atoms with E-state index in [0.29, 0.717) is 29.6 Å². The van der Waals surface area contributed by atoms with E-state index >= 15 is 0 Å². The zero-order valence-electron chi connectivity index (χ0n) is 13.7. The molecule has 0 aliphatic carbocycles. The number of nitrogens with two attached hydrogens (primary N) is 1. The first-order chi connectivity index (χ1) is 12.2. The van der Waals surface area contributed by atoms with Crippen LogP contribution in [0.3, 0.4) is 0 Å². The van der Waals surface area contributed by atoms with Crippen molar-refractivity contribution >= 4 is 48.1 Å². The number of benzene rings is 2. The van der Waals surface area contributed by atoms with E-state index in [9.17, 15) is 4.79 Å². The third-order valence-electron chi connectivity index (χ3n) is 4.20. The topological polar surface area (TPSA) is 77.2 Å². The van der Waals surface area contributed by atoms with E-state index in [-0.39, 0.29) is 5.43 Å². The minimum absolute atomic E-state index is 0.00273. The molecule has 0 saturated heterocycles. The summed E-state index contributed by atoms with van der Waals surface area (Å²) in [6.07, 6.45) is 1.77. The number of nitrogens with zero attached hydrogens (tertiary/aromatic N) is 1. The molecule has 0 amide bonds. The SMILES string of the molecule is COc1cccc2c(=O)c3c(cnc4cccc(NCCN)c43)sc12. The smallest absolute Gasteiger partial charge is 0.196 e. The van der Waals surface area contributed by atoms with Gasteiger partial charge in [0, 0.05) is 35.7 Å². The van der Waals surface area contributed by atoms with Gasteiger partial charge in [0.25, 0.3) is 0 Å². The second kappa shape index (κ2) is 6.31. The highest BCUT2D eigenvalue weighted by Crippen LogP contribution is 2.35. The van der Waals surface area contributed by atoms with Gasteiger partial charge in [0.1, 0.15) is 5.75 Å².